The highest BCUT2D eigenvalue weighted by molar-refractivity contribution is 7.99. The summed E-state index contributed by atoms with van der Waals surface area (Å²) >= 11 is 14.1. The summed E-state index contributed by atoms with van der Waals surface area (Å²) in [5.41, 5.74) is 2.61. The zero-order chi connectivity index (χ0) is 18.4. The third kappa shape index (κ3) is 4.93. The molecule has 0 saturated heterocycles. The second-order valence-corrected chi connectivity index (χ2v) is 7.58. The van der Waals surface area contributed by atoms with Crippen LogP contribution in [0.5, 0.6) is 0 Å². The van der Waals surface area contributed by atoms with Crippen LogP contribution in [0.2, 0.25) is 10.0 Å². The van der Waals surface area contributed by atoms with Gasteiger partial charge in [0, 0.05) is 11.4 Å². The fourth-order valence-corrected chi connectivity index (χ4v) is 3.74. The average molecular weight is 408 g/mol. The fourth-order valence-electron chi connectivity index (χ4n) is 2.38. The number of halogens is 2. The van der Waals surface area contributed by atoms with E-state index >= 15 is 0 Å². The minimum Gasteiger partial charge on any atom is -0.416 e. The van der Waals surface area contributed by atoms with Crippen molar-refractivity contribution in [1.29, 1.82) is 0 Å². The van der Waals surface area contributed by atoms with Crippen molar-refractivity contribution in [3.8, 4) is 0 Å². The first-order valence-electron chi connectivity index (χ1n) is 8.41. The summed E-state index contributed by atoms with van der Waals surface area (Å²) in [6.07, 6.45) is 2.82. The lowest BCUT2D eigenvalue weighted by molar-refractivity contribution is 0.420. The van der Waals surface area contributed by atoms with E-state index in [4.69, 9.17) is 27.6 Å². The number of aromatic nitrogens is 2. The Hall–Kier alpha value is -1.69. The molecule has 7 heteroatoms. The van der Waals surface area contributed by atoms with Gasteiger partial charge in [-0.3, -0.25) is 0 Å². The third-order valence-corrected chi connectivity index (χ3v) is 5.29. The van der Waals surface area contributed by atoms with Crippen molar-refractivity contribution in [1.82, 2.24) is 10.2 Å². The summed E-state index contributed by atoms with van der Waals surface area (Å²) in [6.45, 7) is 2.16. The van der Waals surface area contributed by atoms with E-state index < -0.39 is 0 Å². The molecule has 0 aliphatic rings. The Labute approximate surface area is 167 Å². The lowest BCUT2D eigenvalue weighted by Gasteiger charge is -2.13. The molecule has 0 atom stereocenters. The van der Waals surface area contributed by atoms with Crippen LogP contribution in [0.3, 0.4) is 0 Å². The molecule has 1 aromatic heterocycles. The van der Waals surface area contributed by atoms with Gasteiger partial charge in [-0.25, -0.2) is 0 Å². The van der Waals surface area contributed by atoms with Crippen molar-refractivity contribution in [3.05, 3.63) is 64.0 Å². The first-order chi connectivity index (χ1) is 12.7. The van der Waals surface area contributed by atoms with E-state index in [2.05, 4.69) is 22.4 Å². The van der Waals surface area contributed by atoms with E-state index in [9.17, 15) is 0 Å². The van der Waals surface area contributed by atoms with Crippen LogP contribution in [0.25, 0.3) is 0 Å². The summed E-state index contributed by atoms with van der Waals surface area (Å²) in [5.74, 6) is 1.57. The number of para-hydroxylation sites is 2. The SMILES string of the molecule is CCCCSc1nnc(Cc2ccccc2Nc2c(Cl)cccc2Cl)o1. The molecule has 0 saturated carbocycles. The van der Waals surface area contributed by atoms with E-state index in [0.717, 1.165) is 29.8 Å². The number of rotatable bonds is 8. The summed E-state index contributed by atoms with van der Waals surface area (Å²) in [4.78, 5) is 0. The lowest BCUT2D eigenvalue weighted by Crippen LogP contribution is -1.98. The Morgan fingerprint density at radius 1 is 1.04 bits per heavy atom. The smallest absolute Gasteiger partial charge is 0.276 e. The Balaban J connectivity index is 1.75. The highest BCUT2D eigenvalue weighted by Gasteiger charge is 2.12. The number of benzene rings is 2. The van der Waals surface area contributed by atoms with E-state index in [0.29, 0.717) is 33.3 Å². The molecule has 0 radical (unpaired) electrons. The van der Waals surface area contributed by atoms with Crippen molar-refractivity contribution >= 4 is 46.3 Å². The maximum Gasteiger partial charge on any atom is 0.276 e. The summed E-state index contributed by atoms with van der Waals surface area (Å²) in [6, 6.07) is 13.3. The zero-order valence-corrected chi connectivity index (χ0v) is 16.7. The lowest BCUT2D eigenvalue weighted by atomic mass is 10.1. The van der Waals surface area contributed by atoms with Gasteiger partial charge in [-0.05, 0) is 30.2 Å². The van der Waals surface area contributed by atoms with Crippen LogP contribution in [0, 0.1) is 0 Å². The first-order valence-corrected chi connectivity index (χ1v) is 10.2. The maximum atomic E-state index is 6.27. The van der Waals surface area contributed by atoms with Crippen molar-refractivity contribution < 1.29 is 4.42 Å². The van der Waals surface area contributed by atoms with Gasteiger partial charge >= 0.3 is 0 Å². The van der Waals surface area contributed by atoms with Gasteiger partial charge < -0.3 is 9.73 Å². The van der Waals surface area contributed by atoms with Gasteiger partial charge in [0.05, 0.1) is 22.2 Å². The van der Waals surface area contributed by atoms with E-state index in [-0.39, 0.29) is 0 Å². The maximum absolute atomic E-state index is 6.27. The summed E-state index contributed by atoms with van der Waals surface area (Å²) < 4.78 is 5.75. The quantitative estimate of drug-likeness (QED) is 0.336. The standard InChI is InChI=1S/C19H19Cl2N3OS/c1-2-3-11-26-19-24-23-17(25-19)12-13-7-4-5-10-16(13)22-18-14(20)8-6-9-15(18)21/h4-10,22H,2-3,11-12H2,1H3. The van der Waals surface area contributed by atoms with Crippen LogP contribution >= 0.6 is 35.0 Å². The van der Waals surface area contributed by atoms with Crippen molar-refractivity contribution in [2.45, 2.75) is 31.4 Å². The molecule has 3 rings (SSSR count). The molecule has 1 N–H and O–H groups in total. The third-order valence-electron chi connectivity index (χ3n) is 3.75. The monoisotopic (exact) mass is 407 g/mol. The summed E-state index contributed by atoms with van der Waals surface area (Å²) in [5, 5.41) is 13.3. The Kier molecular flexibility index (Phi) is 6.83. The van der Waals surface area contributed by atoms with Gasteiger partial charge in [0.15, 0.2) is 0 Å². The van der Waals surface area contributed by atoms with E-state index in [1.54, 1.807) is 23.9 Å². The molecule has 26 heavy (non-hydrogen) atoms. The zero-order valence-electron chi connectivity index (χ0n) is 14.3. The number of thioether (sulfide) groups is 1. The molecular weight excluding hydrogens is 389 g/mol. The second-order valence-electron chi connectivity index (χ2n) is 5.72. The van der Waals surface area contributed by atoms with Crippen LogP contribution in [-0.2, 0) is 6.42 Å². The van der Waals surface area contributed by atoms with Crippen molar-refractivity contribution in [2.24, 2.45) is 0 Å². The van der Waals surface area contributed by atoms with Crippen molar-refractivity contribution in [3.63, 3.8) is 0 Å². The van der Waals surface area contributed by atoms with Crippen LogP contribution in [0.1, 0.15) is 31.2 Å². The second kappa shape index (κ2) is 9.31. The van der Waals surface area contributed by atoms with Gasteiger partial charge in [-0.15, -0.1) is 10.2 Å². The van der Waals surface area contributed by atoms with Crippen LogP contribution in [0.4, 0.5) is 11.4 Å². The summed E-state index contributed by atoms with van der Waals surface area (Å²) in [7, 11) is 0. The predicted molar refractivity (Wildman–Crippen MR) is 109 cm³/mol. The van der Waals surface area contributed by atoms with Crippen molar-refractivity contribution in [2.75, 3.05) is 11.1 Å². The molecule has 3 aromatic rings. The van der Waals surface area contributed by atoms with Crippen LogP contribution in [0.15, 0.2) is 52.1 Å². The molecule has 136 valence electrons. The van der Waals surface area contributed by atoms with Crippen LogP contribution < -0.4 is 5.32 Å². The highest BCUT2D eigenvalue weighted by Crippen LogP contribution is 2.34. The number of anilines is 2. The predicted octanol–water partition coefficient (Wildman–Crippen LogP) is 6.60. The number of hydrogen-bond donors (Lipinski definition) is 1. The molecule has 0 bridgehead atoms. The molecule has 2 aromatic carbocycles. The van der Waals surface area contributed by atoms with Gasteiger partial charge in [-0.1, -0.05) is 72.6 Å². The van der Waals surface area contributed by atoms with Gasteiger partial charge in [-0.2, -0.15) is 0 Å². The number of nitrogens with zero attached hydrogens (tertiary/aromatic N) is 2. The highest BCUT2D eigenvalue weighted by atomic mass is 35.5. The van der Waals surface area contributed by atoms with Gasteiger partial charge in [0.25, 0.3) is 5.22 Å². The number of hydrogen-bond acceptors (Lipinski definition) is 5. The molecule has 1 heterocycles. The largest absolute Gasteiger partial charge is 0.416 e. The van der Waals surface area contributed by atoms with Crippen LogP contribution in [-0.4, -0.2) is 16.0 Å². The minimum atomic E-state index is 0.534. The molecule has 0 aliphatic heterocycles. The van der Waals surface area contributed by atoms with E-state index in [1.165, 1.54) is 0 Å². The molecule has 0 fully saturated rings. The normalized spacial score (nSPS) is 10.9. The van der Waals surface area contributed by atoms with Gasteiger partial charge in [0.2, 0.25) is 5.89 Å². The van der Waals surface area contributed by atoms with E-state index in [1.807, 2.05) is 30.3 Å². The fraction of sp³-hybridized carbons (Fsp3) is 0.263. The average Bonchev–Trinajstić information content (AvgIpc) is 3.07. The molecular formula is C19H19Cl2N3OS. The Bertz CT molecular complexity index is 849. The molecule has 4 nitrogen and oxygen atoms in total. The molecule has 0 unspecified atom stereocenters. The Morgan fingerprint density at radius 2 is 1.81 bits per heavy atom. The molecule has 0 spiro atoms. The topological polar surface area (TPSA) is 51.0 Å². The Morgan fingerprint density at radius 3 is 2.58 bits per heavy atom. The minimum absolute atomic E-state index is 0.534. The number of nitrogens with one attached hydrogen (secondary N) is 1. The molecule has 0 aliphatic carbocycles. The number of unbranched alkanes of at least 4 members (excludes halogenated alkanes) is 1. The molecule has 0 amide bonds. The first kappa shape index (κ1) is 19.1. The van der Waals surface area contributed by atoms with Gasteiger partial charge in [0.1, 0.15) is 0 Å².